The first-order valence-corrected chi connectivity index (χ1v) is 9.39. The van der Waals surface area contributed by atoms with Crippen molar-refractivity contribution in [3.05, 3.63) is 66.7 Å². The molecule has 3 rings (SSSR count). The number of ether oxygens (including phenoxy) is 3. The van der Waals surface area contributed by atoms with Crippen LogP contribution in [-0.2, 0) is 4.79 Å². The molecule has 28 heavy (non-hydrogen) atoms. The summed E-state index contributed by atoms with van der Waals surface area (Å²) >= 11 is 0. The lowest BCUT2D eigenvalue weighted by atomic mass is 10.1. The molecule has 0 heterocycles. The van der Waals surface area contributed by atoms with Crippen molar-refractivity contribution in [2.24, 2.45) is 0 Å². The fourth-order valence-corrected chi connectivity index (χ4v) is 2.88. The summed E-state index contributed by atoms with van der Waals surface area (Å²) in [4.78, 5) is 12.4. The van der Waals surface area contributed by atoms with Gasteiger partial charge in [-0.2, -0.15) is 0 Å². The maximum absolute atomic E-state index is 12.4. The van der Waals surface area contributed by atoms with E-state index in [1.54, 1.807) is 13.2 Å². The van der Waals surface area contributed by atoms with Gasteiger partial charge in [0, 0.05) is 6.07 Å². The van der Waals surface area contributed by atoms with Crippen LogP contribution in [0.4, 0.5) is 0 Å². The largest absolute Gasteiger partial charge is 0.497 e. The summed E-state index contributed by atoms with van der Waals surface area (Å²) in [6.45, 7) is 2.69. The van der Waals surface area contributed by atoms with Gasteiger partial charge in [-0.25, -0.2) is 0 Å². The summed E-state index contributed by atoms with van der Waals surface area (Å²) in [7, 11) is 1.61. The van der Waals surface area contributed by atoms with E-state index in [1.165, 1.54) is 0 Å². The van der Waals surface area contributed by atoms with Gasteiger partial charge in [0.15, 0.2) is 6.10 Å². The highest BCUT2D eigenvalue weighted by Gasteiger charge is 2.18. The topological polar surface area (TPSA) is 56.8 Å². The molecule has 1 amide bonds. The summed E-state index contributed by atoms with van der Waals surface area (Å²) in [5.74, 6) is 1.97. The first kappa shape index (κ1) is 19.5. The zero-order valence-electron chi connectivity index (χ0n) is 16.2. The smallest absolute Gasteiger partial charge is 0.261 e. The van der Waals surface area contributed by atoms with E-state index in [4.69, 9.17) is 14.2 Å². The molecule has 3 aromatic rings. The number of hydrogen-bond donors (Lipinski definition) is 1. The van der Waals surface area contributed by atoms with Gasteiger partial charge < -0.3 is 19.5 Å². The van der Waals surface area contributed by atoms with Crippen LogP contribution in [0.5, 0.6) is 17.2 Å². The van der Waals surface area contributed by atoms with Gasteiger partial charge in [-0.15, -0.1) is 0 Å². The van der Waals surface area contributed by atoms with Crippen LogP contribution in [0.2, 0.25) is 0 Å². The van der Waals surface area contributed by atoms with Crippen LogP contribution in [0.3, 0.4) is 0 Å². The van der Waals surface area contributed by atoms with Crippen molar-refractivity contribution in [1.29, 1.82) is 0 Å². The standard InChI is InChI=1S/C23H25NO4/c1-3-22(28-21-12-11-17-7-4-5-8-18(17)15-21)23(25)24-13-14-27-20-10-6-9-19(16-20)26-2/h4-12,15-16,22H,3,13-14H2,1-2H3,(H,24,25). The van der Waals surface area contributed by atoms with E-state index >= 15 is 0 Å². The maximum atomic E-state index is 12.4. The van der Waals surface area contributed by atoms with Gasteiger partial charge in [0.25, 0.3) is 5.91 Å². The van der Waals surface area contributed by atoms with Crippen LogP contribution in [0.15, 0.2) is 66.7 Å². The second kappa shape index (κ2) is 9.65. The molecular weight excluding hydrogens is 354 g/mol. The number of benzene rings is 3. The predicted molar refractivity (Wildman–Crippen MR) is 110 cm³/mol. The van der Waals surface area contributed by atoms with Crippen molar-refractivity contribution >= 4 is 16.7 Å². The molecule has 5 nitrogen and oxygen atoms in total. The summed E-state index contributed by atoms with van der Waals surface area (Å²) in [5, 5.41) is 5.10. The number of carbonyl (C=O) groups excluding carboxylic acids is 1. The fraction of sp³-hybridized carbons (Fsp3) is 0.261. The van der Waals surface area contributed by atoms with E-state index in [9.17, 15) is 4.79 Å². The van der Waals surface area contributed by atoms with Crippen molar-refractivity contribution in [3.8, 4) is 17.2 Å². The molecule has 0 fully saturated rings. The number of fused-ring (bicyclic) bond motifs is 1. The molecule has 0 bridgehead atoms. The number of hydrogen-bond acceptors (Lipinski definition) is 4. The molecule has 0 aliphatic carbocycles. The summed E-state index contributed by atoms with van der Waals surface area (Å²) in [6.07, 6.45) is 0.0352. The minimum absolute atomic E-state index is 0.148. The zero-order valence-corrected chi connectivity index (χ0v) is 16.2. The van der Waals surface area contributed by atoms with E-state index in [1.807, 2.05) is 67.6 Å². The Morgan fingerprint density at radius 1 is 0.929 bits per heavy atom. The molecule has 0 aromatic heterocycles. The van der Waals surface area contributed by atoms with Gasteiger partial charge in [0.1, 0.15) is 23.9 Å². The molecule has 1 N–H and O–H groups in total. The lowest BCUT2D eigenvalue weighted by Crippen LogP contribution is -2.39. The molecule has 3 aromatic carbocycles. The molecule has 5 heteroatoms. The predicted octanol–water partition coefficient (Wildman–Crippen LogP) is 4.20. The number of carbonyl (C=O) groups is 1. The van der Waals surface area contributed by atoms with Crippen molar-refractivity contribution in [2.45, 2.75) is 19.4 Å². The van der Waals surface area contributed by atoms with Gasteiger partial charge in [0.05, 0.1) is 13.7 Å². The molecule has 1 unspecified atom stereocenters. The Hall–Kier alpha value is -3.21. The molecule has 0 aliphatic heterocycles. The van der Waals surface area contributed by atoms with E-state index in [2.05, 4.69) is 5.32 Å². The van der Waals surface area contributed by atoms with E-state index in [0.29, 0.717) is 31.1 Å². The highest BCUT2D eigenvalue weighted by molar-refractivity contribution is 5.84. The van der Waals surface area contributed by atoms with Crippen molar-refractivity contribution < 1.29 is 19.0 Å². The van der Waals surface area contributed by atoms with E-state index < -0.39 is 6.10 Å². The average Bonchev–Trinajstić information content (AvgIpc) is 2.75. The minimum Gasteiger partial charge on any atom is -0.497 e. The van der Waals surface area contributed by atoms with Crippen molar-refractivity contribution in [2.75, 3.05) is 20.3 Å². The first-order valence-electron chi connectivity index (χ1n) is 9.39. The Morgan fingerprint density at radius 2 is 1.71 bits per heavy atom. The molecule has 0 radical (unpaired) electrons. The van der Waals surface area contributed by atoms with Gasteiger partial charge in [-0.1, -0.05) is 43.3 Å². The highest BCUT2D eigenvalue weighted by Crippen LogP contribution is 2.22. The van der Waals surface area contributed by atoms with E-state index in [0.717, 1.165) is 16.5 Å². The second-order valence-electron chi connectivity index (χ2n) is 6.34. The molecule has 0 saturated heterocycles. The summed E-state index contributed by atoms with van der Waals surface area (Å²) in [5.41, 5.74) is 0. The van der Waals surface area contributed by atoms with Crippen LogP contribution in [-0.4, -0.2) is 32.3 Å². The minimum atomic E-state index is -0.544. The Morgan fingerprint density at radius 3 is 2.50 bits per heavy atom. The monoisotopic (exact) mass is 379 g/mol. The van der Waals surface area contributed by atoms with Gasteiger partial charge >= 0.3 is 0 Å². The second-order valence-corrected chi connectivity index (χ2v) is 6.34. The average molecular weight is 379 g/mol. The molecule has 0 aliphatic rings. The third-order valence-electron chi connectivity index (χ3n) is 4.37. The molecule has 0 spiro atoms. The van der Waals surface area contributed by atoms with Gasteiger partial charge in [-0.3, -0.25) is 4.79 Å². The molecule has 1 atom stereocenters. The van der Waals surface area contributed by atoms with Gasteiger partial charge in [0.2, 0.25) is 0 Å². The summed E-state index contributed by atoms with van der Waals surface area (Å²) in [6, 6.07) is 21.3. The number of methoxy groups -OCH3 is 1. The Bertz CT molecular complexity index is 925. The number of amides is 1. The van der Waals surface area contributed by atoms with Crippen molar-refractivity contribution in [3.63, 3.8) is 0 Å². The van der Waals surface area contributed by atoms with E-state index in [-0.39, 0.29) is 5.91 Å². The SMILES string of the molecule is CCC(Oc1ccc2ccccc2c1)C(=O)NCCOc1cccc(OC)c1. The molecule has 146 valence electrons. The third-order valence-corrected chi connectivity index (χ3v) is 4.37. The van der Waals surface area contributed by atoms with Crippen molar-refractivity contribution in [1.82, 2.24) is 5.32 Å². The maximum Gasteiger partial charge on any atom is 0.261 e. The zero-order chi connectivity index (χ0) is 19.8. The quantitative estimate of drug-likeness (QED) is 0.566. The third kappa shape index (κ3) is 5.16. The molecule has 0 saturated carbocycles. The van der Waals surface area contributed by atoms with Crippen LogP contribution >= 0.6 is 0 Å². The van der Waals surface area contributed by atoms with Crippen LogP contribution in [0.25, 0.3) is 10.8 Å². The highest BCUT2D eigenvalue weighted by atomic mass is 16.5. The summed E-state index contributed by atoms with van der Waals surface area (Å²) < 4.78 is 16.7. The Labute approximate surface area is 165 Å². The normalized spacial score (nSPS) is 11.6. The van der Waals surface area contributed by atoms with Crippen LogP contribution < -0.4 is 19.5 Å². The Kier molecular flexibility index (Phi) is 6.73. The van der Waals surface area contributed by atoms with Crippen LogP contribution in [0.1, 0.15) is 13.3 Å². The Balaban J connectivity index is 1.50. The first-order chi connectivity index (χ1) is 13.7. The molecular formula is C23H25NO4. The lowest BCUT2D eigenvalue weighted by Gasteiger charge is -2.18. The fourth-order valence-electron chi connectivity index (χ4n) is 2.88. The lowest BCUT2D eigenvalue weighted by molar-refractivity contribution is -0.128. The van der Waals surface area contributed by atoms with Crippen LogP contribution in [0, 0.1) is 0 Å². The number of rotatable bonds is 9. The number of nitrogens with one attached hydrogen (secondary N) is 1. The van der Waals surface area contributed by atoms with Gasteiger partial charge in [-0.05, 0) is 41.5 Å².